The molecule has 0 unspecified atom stereocenters. The monoisotopic (exact) mass is 265 g/mol. The van der Waals surface area contributed by atoms with Gasteiger partial charge in [0.15, 0.2) is 0 Å². The summed E-state index contributed by atoms with van der Waals surface area (Å²) < 4.78 is 3.76. The molecule has 3 heteroatoms. The smallest absolute Gasteiger partial charge is 0.268 e. The highest BCUT2D eigenvalue weighted by Gasteiger charge is 2.13. The molecule has 0 aliphatic rings. The molecule has 2 aromatic carbocycles. The van der Waals surface area contributed by atoms with E-state index in [9.17, 15) is 4.79 Å². The summed E-state index contributed by atoms with van der Waals surface area (Å²) in [6, 6.07) is 16.3. The van der Waals surface area contributed by atoms with Crippen LogP contribution >= 0.6 is 11.3 Å². The van der Waals surface area contributed by atoms with Gasteiger partial charge in [0.1, 0.15) is 4.70 Å². The fraction of sp³-hybridized carbons (Fsp3) is 0.0625. The number of nitrogens with zero attached hydrogens (tertiary/aromatic N) is 1. The fourth-order valence-electron chi connectivity index (χ4n) is 2.70. The molecule has 0 aliphatic heterocycles. The van der Waals surface area contributed by atoms with Crippen molar-refractivity contribution in [2.75, 3.05) is 0 Å². The topological polar surface area (TPSA) is 22.0 Å². The third-order valence-corrected chi connectivity index (χ3v) is 4.79. The number of hydrogen-bond acceptors (Lipinski definition) is 2. The van der Waals surface area contributed by atoms with Crippen LogP contribution in [0.15, 0.2) is 53.3 Å². The summed E-state index contributed by atoms with van der Waals surface area (Å²) in [6.07, 6.45) is 0. The molecule has 4 aromatic rings. The maximum absolute atomic E-state index is 12.5. The van der Waals surface area contributed by atoms with E-state index in [2.05, 4.69) is 18.2 Å². The zero-order valence-electron chi connectivity index (χ0n) is 10.4. The van der Waals surface area contributed by atoms with Crippen molar-refractivity contribution in [3.05, 3.63) is 58.9 Å². The molecule has 0 radical (unpaired) electrons. The van der Waals surface area contributed by atoms with E-state index in [4.69, 9.17) is 0 Å². The third kappa shape index (κ3) is 1.33. The maximum Gasteiger partial charge on any atom is 0.268 e. The summed E-state index contributed by atoms with van der Waals surface area (Å²) in [5.74, 6) is 0. The van der Waals surface area contributed by atoms with Crippen LogP contribution < -0.4 is 5.56 Å². The van der Waals surface area contributed by atoms with Gasteiger partial charge in [-0.1, -0.05) is 36.4 Å². The maximum atomic E-state index is 12.5. The first-order chi connectivity index (χ1) is 9.27. The number of thiophene rings is 1. The lowest BCUT2D eigenvalue weighted by atomic mass is 10.1. The minimum absolute atomic E-state index is 0.0925. The average Bonchev–Trinajstić information content (AvgIpc) is 2.84. The van der Waals surface area contributed by atoms with Crippen LogP contribution in [0.2, 0.25) is 0 Å². The quantitative estimate of drug-likeness (QED) is 0.472. The molecular weight excluding hydrogens is 254 g/mol. The molecule has 2 heterocycles. The Labute approximate surface area is 113 Å². The Bertz CT molecular complexity index is 994. The number of fused-ring (bicyclic) bond motifs is 5. The van der Waals surface area contributed by atoms with E-state index in [0.717, 1.165) is 21.0 Å². The standard InChI is InChI=1S/C16H11NOS/c1-17-12-8-4-2-6-10(12)14-11-7-3-5-9-13(11)19-15(14)16(17)18/h2-9H,1H3. The molecular formula is C16H11NOS. The van der Waals surface area contributed by atoms with Crippen molar-refractivity contribution in [3.8, 4) is 0 Å². The molecule has 0 atom stereocenters. The molecule has 0 N–H and O–H groups in total. The van der Waals surface area contributed by atoms with Gasteiger partial charge in [-0.05, 0) is 12.1 Å². The SMILES string of the molecule is Cn1c(=O)c2sc3ccccc3c2c2ccccc21. The number of pyridine rings is 1. The molecule has 2 nitrogen and oxygen atoms in total. The van der Waals surface area contributed by atoms with E-state index < -0.39 is 0 Å². The average molecular weight is 265 g/mol. The minimum atomic E-state index is 0.0925. The molecule has 2 aromatic heterocycles. The summed E-state index contributed by atoms with van der Waals surface area (Å²) in [5.41, 5.74) is 1.08. The minimum Gasteiger partial charge on any atom is -0.310 e. The molecule has 0 spiro atoms. The van der Waals surface area contributed by atoms with Crippen molar-refractivity contribution >= 4 is 42.4 Å². The van der Waals surface area contributed by atoms with Crippen LogP contribution in [0, 0.1) is 0 Å². The first-order valence-corrected chi connectivity index (χ1v) is 6.98. The Hall–Kier alpha value is -2.13. The van der Waals surface area contributed by atoms with Gasteiger partial charge in [0, 0.05) is 27.9 Å². The number of para-hydroxylation sites is 1. The molecule has 0 saturated heterocycles. The zero-order chi connectivity index (χ0) is 13.0. The van der Waals surface area contributed by atoms with E-state index in [1.807, 2.05) is 37.4 Å². The fourth-order valence-corrected chi connectivity index (χ4v) is 3.90. The van der Waals surface area contributed by atoms with Gasteiger partial charge in [-0.25, -0.2) is 0 Å². The molecule has 0 saturated carbocycles. The molecule has 4 rings (SSSR count). The lowest BCUT2D eigenvalue weighted by molar-refractivity contribution is 0.921. The Morgan fingerprint density at radius 3 is 2.47 bits per heavy atom. The molecule has 19 heavy (non-hydrogen) atoms. The van der Waals surface area contributed by atoms with Crippen LogP contribution in [-0.4, -0.2) is 4.57 Å². The first kappa shape index (κ1) is 10.8. The summed E-state index contributed by atoms with van der Waals surface area (Å²) in [7, 11) is 1.84. The summed E-state index contributed by atoms with van der Waals surface area (Å²) in [4.78, 5) is 12.5. The Morgan fingerprint density at radius 2 is 1.63 bits per heavy atom. The Kier molecular flexibility index (Phi) is 2.09. The van der Waals surface area contributed by atoms with E-state index in [1.54, 1.807) is 15.9 Å². The second-order valence-electron chi connectivity index (χ2n) is 4.68. The normalized spacial score (nSPS) is 11.6. The van der Waals surface area contributed by atoms with Crippen LogP contribution in [0.25, 0.3) is 31.1 Å². The van der Waals surface area contributed by atoms with Gasteiger partial charge in [0.05, 0.1) is 5.52 Å². The van der Waals surface area contributed by atoms with Gasteiger partial charge >= 0.3 is 0 Å². The van der Waals surface area contributed by atoms with Crippen molar-refractivity contribution in [2.24, 2.45) is 7.05 Å². The van der Waals surface area contributed by atoms with E-state index in [0.29, 0.717) is 0 Å². The second-order valence-corrected chi connectivity index (χ2v) is 5.74. The largest absolute Gasteiger partial charge is 0.310 e. The second kappa shape index (κ2) is 3.68. The van der Waals surface area contributed by atoms with Crippen molar-refractivity contribution in [3.63, 3.8) is 0 Å². The van der Waals surface area contributed by atoms with Crippen LogP contribution in [0.5, 0.6) is 0 Å². The van der Waals surface area contributed by atoms with Crippen LogP contribution in [0.4, 0.5) is 0 Å². The molecule has 0 amide bonds. The van der Waals surface area contributed by atoms with Gasteiger partial charge in [0.25, 0.3) is 5.56 Å². The highest BCUT2D eigenvalue weighted by atomic mass is 32.1. The van der Waals surface area contributed by atoms with Crippen molar-refractivity contribution in [1.82, 2.24) is 4.57 Å². The number of aryl methyl sites for hydroxylation is 1. The summed E-state index contributed by atoms with van der Waals surface area (Å²) in [5, 5.41) is 3.42. The lowest BCUT2D eigenvalue weighted by Gasteiger charge is -2.05. The predicted octanol–water partition coefficient (Wildman–Crippen LogP) is 3.91. The number of benzene rings is 2. The van der Waals surface area contributed by atoms with Gasteiger partial charge in [0.2, 0.25) is 0 Å². The number of hydrogen-bond donors (Lipinski definition) is 0. The highest BCUT2D eigenvalue weighted by Crippen LogP contribution is 2.35. The highest BCUT2D eigenvalue weighted by molar-refractivity contribution is 7.26. The molecule has 0 fully saturated rings. The van der Waals surface area contributed by atoms with Crippen molar-refractivity contribution in [2.45, 2.75) is 0 Å². The van der Waals surface area contributed by atoms with Gasteiger partial charge in [-0.15, -0.1) is 11.3 Å². The van der Waals surface area contributed by atoms with Gasteiger partial charge < -0.3 is 4.57 Å². The number of aromatic nitrogens is 1. The number of rotatable bonds is 0. The van der Waals surface area contributed by atoms with Crippen molar-refractivity contribution in [1.29, 1.82) is 0 Å². The zero-order valence-corrected chi connectivity index (χ0v) is 11.2. The lowest BCUT2D eigenvalue weighted by Crippen LogP contribution is -2.15. The summed E-state index contributed by atoms with van der Waals surface area (Å²) >= 11 is 1.58. The Morgan fingerprint density at radius 1 is 0.947 bits per heavy atom. The van der Waals surface area contributed by atoms with E-state index in [1.165, 1.54) is 10.1 Å². The molecule has 0 aliphatic carbocycles. The van der Waals surface area contributed by atoms with Crippen molar-refractivity contribution < 1.29 is 0 Å². The van der Waals surface area contributed by atoms with Gasteiger partial charge in [-0.2, -0.15) is 0 Å². The van der Waals surface area contributed by atoms with Crippen LogP contribution in [0.3, 0.4) is 0 Å². The third-order valence-electron chi connectivity index (χ3n) is 3.63. The predicted molar refractivity (Wildman–Crippen MR) is 82.1 cm³/mol. The molecule has 92 valence electrons. The molecule has 0 bridgehead atoms. The van der Waals surface area contributed by atoms with Crippen LogP contribution in [-0.2, 0) is 7.05 Å². The van der Waals surface area contributed by atoms with Crippen LogP contribution in [0.1, 0.15) is 0 Å². The Balaban J connectivity index is 2.47. The van der Waals surface area contributed by atoms with E-state index in [-0.39, 0.29) is 5.56 Å². The first-order valence-electron chi connectivity index (χ1n) is 6.16. The summed E-state index contributed by atoms with van der Waals surface area (Å²) in [6.45, 7) is 0. The van der Waals surface area contributed by atoms with E-state index >= 15 is 0 Å². The van der Waals surface area contributed by atoms with Gasteiger partial charge in [-0.3, -0.25) is 4.79 Å².